The summed E-state index contributed by atoms with van der Waals surface area (Å²) in [6.45, 7) is 2.16. The molecule has 1 spiro atoms. The molecule has 2 heterocycles. The molecule has 1 aromatic rings. The molecule has 0 atom stereocenters. The summed E-state index contributed by atoms with van der Waals surface area (Å²) < 4.78 is 11.3. The molecule has 0 saturated carbocycles. The number of nitrogens with one attached hydrogen (secondary N) is 1. The Morgan fingerprint density at radius 1 is 1.41 bits per heavy atom. The zero-order chi connectivity index (χ0) is 15.7. The molecule has 1 aromatic carbocycles. The van der Waals surface area contributed by atoms with Gasteiger partial charge >= 0.3 is 0 Å². The van der Waals surface area contributed by atoms with E-state index in [1.807, 2.05) is 4.90 Å². The third kappa shape index (κ3) is 2.51. The zero-order valence-electron chi connectivity index (χ0n) is 12.2. The molecule has 0 aliphatic carbocycles. The van der Waals surface area contributed by atoms with Crippen molar-refractivity contribution in [3.63, 3.8) is 0 Å². The van der Waals surface area contributed by atoms with Crippen LogP contribution in [0.15, 0.2) is 18.2 Å². The molecule has 2 fully saturated rings. The minimum absolute atomic E-state index is 0.0869. The van der Waals surface area contributed by atoms with Gasteiger partial charge in [-0.1, -0.05) is 0 Å². The minimum atomic E-state index is -0.646. The Bertz CT molecular complexity index is 612. The highest BCUT2D eigenvalue weighted by Crippen LogP contribution is 2.37. The molecule has 1 N–H and O–H groups in total. The van der Waals surface area contributed by atoms with E-state index < -0.39 is 10.7 Å². The lowest BCUT2D eigenvalue weighted by Crippen LogP contribution is -2.34. The van der Waals surface area contributed by atoms with Gasteiger partial charge in [0.05, 0.1) is 24.7 Å². The lowest BCUT2D eigenvalue weighted by molar-refractivity contribution is -0.384. The van der Waals surface area contributed by atoms with Crippen LogP contribution < -0.4 is 10.2 Å². The molecule has 118 valence electrons. The normalized spacial score (nSPS) is 19.6. The number of hydrogen-bond donors (Lipinski definition) is 1. The largest absolute Gasteiger partial charge is 0.360 e. The lowest BCUT2D eigenvalue weighted by atomic mass is 10.1. The molecule has 3 rings (SSSR count). The summed E-state index contributed by atoms with van der Waals surface area (Å²) in [5.41, 5.74) is 0.657. The number of hydrogen-bond acceptors (Lipinski definition) is 6. The molecule has 0 bridgehead atoms. The molecule has 2 saturated heterocycles. The van der Waals surface area contributed by atoms with Crippen molar-refractivity contribution in [3.05, 3.63) is 33.9 Å². The van der Waals surface area contributed by atoms with Crippen molar-refractivity contribution in [1.82, 2.24) is 5.32 Å². The Kier molecular flexibility index (Phi) is 3.71. The van der Waals surface area contributed by atoms with Crippen LogP contribution in [0.25, 0.3) is 0 Å². The fourth-order valence-electron chi connectivity index (χ4n) is 2.92. The van der Waals surface area contributed by atoms with Gasteiger partial charge in [0.15, 0.2) is 5.79 Å². The first-order valence-corrected chi connectivity index (χ1v) is 7.08. The fraction of sp³-hybridized carbons (Fsp3) is 0.500. The fourth-order valence-corrected chi connectivity index (χ4v) is 2.92. The van der Waals surface area contributed by atoms with Crippen molar-refractivity contribution in [2.24, 2.45) is 0 Å². The number of ether oxygens (including phenoxy) is 2. The second-order valence-corrected chi connectivity index (χ2v) is 5.32. The van der Waals surface area contributed by atoms with E-state index in [-0.39, 0.29) is 17.2 Å². The number of carbonyl (C=O) groups excluding carboxylic acids is 1. The standard InChI is InChI=1S/C14H17N3O5/c1-15-13(18)10-2-3-11(12(8-10)17(19)20)16-5-4-14(9-16)21-6-7-22-14/h2-3,8H,4-7,9H2,1H3,(H,15,18). The molecular weight excluding hydrogens is 290 g/mol. The third-order valence-electron chi connectivity index (χ3n) is 4.01. The highest BCUT2D eigenvalue weighted by molar-refractivity contribution is 5.95. The summed E-state index contributed by atoms with van der Waals surface area (Å²) in [5, 5.41) is 13.8. The van der Waals surface area contributed by atoms with Crippen molar-refractivity contribution in [1.29, 1.82) is 0 Å². The van der Waals surface area contributed by atoms with Crippen LogP contribution in [0.5, 0.6) is 0 Å². The molecule has 8 heteroatoms. The molecule has 0 aromatic heterocycles. The summed E-state index contributed by atoms with van der Waals surface area (Å²) in [6, 6.07) is 4.49. The van der Waals surface area contributed by atoms with Gasteiger partial charge in [-0.25, -0.2) is 0 Å². The molecule has 1 amide bonds. The van der Waals surface area contributed by atoms with Crippen LogP contribution >= 0.6 is 0 Å². The Labute approximate surface area is 127 Å². The predicted molar refractivity (Wildman–Crippen MR) is 78.0 cm³/mol. The second-order valence-electron chi connectivity index (χ2n) is 5.32. The zero-order valence-corrected chi connectivity index (χ0v) is 12.2. The number of nitrogens with zero attached hydrogens (tertiary/aromatic N) is 2. The van der Waals surface area contributed by atoms with Gasteiger partial charge < -0.3 is 19.7 Å². The van der Waals surface area contributed by atoms with Crippen LogP contribution in [0, 0.1) is 10.1 Å². The molecular formula is C14H17N3O5. The van der Waals surface area contributed by atoms with Gasteiger partial charge in [-0.3, -0.25) is 14.9 Å². The summed E-state index contributed by atoms with van der Waals surface area (Å²) in [4.78, 5) is 24.4. The second kappa shape index (κ2) is 5.54. The highest BCUT2D eigenvalue weighted by Gasteiger charge is 2.44. The predicted octanol–water partition coefficient (Wildman–Crippen LogP) is 0.908. The van der Waals surface area contributed by atoms with E-state index in [2.05, 4.69) is 5.32 Å². The van der Waals surface area contributed by atoms with E-state index in [0.29, 0.717) is 38.4 Å². The van der Waals surface area contributed by atoms with Crippen molar-refractivity contribution in [2.45, 2.75) is 12.2 Å². The van der Waals surface area contributed by atoms with Gasteiger partial charge in [0.1, 0.15) is 5.69 Å². The Balaban J connectivity index is 1.90. The highest BCUT2D eigenvalue weighted by atomic mass is 16.7. The number of carbonyl (C=O) groups is 1. The number of anilines is 1. The monoisotopic (exact) mass is 307 g/mol. The molecule has 2 aliphatic rings. The SMILES string of the molecule is CNC(=O)c1ccc(N2CCC3(C2)OCCO3)c([N+](=O)[O-])c1. The quantitative estimate of drug-likeness (QED) is 0.659. The van der Waals surface area contributed by atoms with Crippen molar-refractivity contribution in [3.8, 4) is 0 Å². The van der Waals surface area contributed by atoms with Gasteiger partial charge in [0.25, 0.3) is 11.6 Å². The number of rotatable bonds is 3. The first-order chi connectivity index (χ1) is 10.5. The third-order valence-corrected chi connectivity index (χ3v) is 4.01. The minimum Gasteiger partial charge on any atom is -0.360 e. The van der Waals surface area contributed by atoms with Gasteiger partial charge in [0.2, 0.25) is 0 Å². The molecule has 0 radical (unpaired) electrons. The molecule has 8 nitrogen and oxygen atoms in total. The maximum atomic E-state index is 11.6. The number of nitro benzene ring substituents is 1. The Hall–Kier alpha value is -2.19. The maximum Gasteiger partial charge on any atom is 0.293 e. The van der Waals surface area contributed by atoms with E-state index in [1.54, 1.807) is 12.1 Å². The Morgan fingerprint density at radius 3 is 2.77 bits per heavy atom. The van der Waals surface area contributed by atoms with Crippen LogP contribution in [0.2, 0.25) is 0 Å². The van der Waals surface area contributed by atoms with E-state index >= 15 is 0 Å². The summed E-state index contributed by atoms with van der Waals surface area (Å²) in [6.07, 6.45) is 0.668. The average Bonchev–Trinajstić information content (AvgIpc) is 3.16. The van der Waals surface area contributed by atoms with Crippen LogP contribution in [-0.2, 0) is 9.47 Å². The van der Waals surface area contributed by atoms with E-state index in [4.69, 9.17) is 9.47 Å². The average molecular weight is 307 g/mol. The molecule has 2 aliphatic heterocycles. The van der Waals surface area contributed by atoms with E-state index in [9.17, 15) is 14.9 Å². The molecule has 0 unspecified atom stereocenters. The van der Waals surface area contributed by atoms with Gasteiger partial charge in [-0.15, -0.1) is 0 Å². The first-order valence-electron chi connectivity index (χ1n) is 7.08. The smallest absolute Gasteiger partial charge is 0.293 e. The van der Waals surface area contributed by atoms with E-state index in [1.165, 1.54) is 13.1 Å². The van der Waals surface area contributed by atoms with Crippen LogP contribution in [0.3, 0.4) is 0 Å². The van der Waals surface area contributed by atoms with Crippen molar-refractivity contribution in [2.75, 3.05) is 38.3 Å². The van der Waals surface area contributed by atoms with Gasteiger partial charge in [0, 0.05) is 31.6 Å². The van der Waals surface area contributed by atoms with Gasteiger partial charge in [-0.05, 0) is 12.1 Å². The summed E-state index contributed by atoms with van der Waals surface area (Å²) >= 11 is 0. The van der Waals surface area contributed by atoms with Crippen LogP contribution in [-0.4, -0.2) is 50.0 Å². The van der Waals surface area contributed by atoms with Crippen molar-refractivity contribution >= 4 is 17.3 Å². The lowest BCUT2D eigenvalue weighted by Gasteiger charge is -2.23. The molecule has 22 heavy (non-hydrogen) atoms. The first kappa shape index (κ1) is 14.7. The summed E-state index contributed by atoms with van der Waals surface area (Å²) in [5.74, 6) is -0.997. The van der Waals surface area contributed by atoms with Gasteiger partial charge in [-0.2, -0.15) is 0 Å². The maximum absolute atomic E-state index is 11.6. The Morgan fingerprint density at radius 2 is 2.14 bits per heavy atom. The number of benzene rings is 1. The topological polar surface area (TPSA) is 93.9 Å². The van der Waals surface area contributed by atoms with Crippen LogP contribution in [0.1, 0.15) is 16.8 Å². The number of amides is 1. The van der Waals surface area contributed by atoms with Crippen LogP contribution in [0.4, 0.5) is 11.4 Å². The summed E-state index contributed by atoms with van der Waals surface area (Å²) in [7, 11) is 1.49. The number of nitro groups is 1. The van der Waals surface area contributed by atoms with E-state index in [0.717, 1.165) is 0 Å². The van der Waals surface area contributed by atoms with Crippen molar-refractivity contribution < 1.29 is 19.2 Å².